The van der Waals surface area contributed by atoms with Crippen molar-refractivity contribution in [3.05, 3.63) is 11.4 Å². The van der Waals surface area contributed by atoms with Gasteiger partial charge in [0.2, 0.25) is 17.7 Å². The molecule has 52 heavy (non-hydrogen) atoms. The van der Waals surface area contributed by atoms with Gasteiger partial charge in [-0.3, -0.25) is 14.4 Å². The number of urea groups is 1. The number of carbonyl (C=O) groups excluding carboxylic acids is 4. The van der Waals surface area contributed by atoms with Gasteiger partial charge in [-0.05, 0) is 38.5 Å². The number of thioether (sulfide) groups is 1. The molecule has 4 heterocycles. The fourth-order valence-electron chi connectivity index (χ4n) is 6.62. The first-order chi connectivity index (χ1) is 25.4. The van der Waals surface area contributed by atoms with Gasteiger partial charge < -0.3 is 45.1 Å². The number of nitrogens with zero attached hydrogens (tertiary/aromatic N) is 4. The molecule has 0 spiro atoms. The van der Waals surface area contributed by atoms with E-state index in [1.54, 1.807) is 7.11 Å². The molecule has 0 radical (unpaired) electrons. The fourth-order valence-corrected chi connectivity index (χ4v) is 8.17. The molecular weight excluding hydrogens is 693 g/mol. The molecule has 2 saturated heterocycles. The van der Waals surface area contributed by atoms with E-state index in [0.29, 0.717) is 116 Å². The van der Waals surface area contributed by atoms with Crippen LogP contribution in [-0.4, -0.2) is 146 Å². The zero-order chi connectivity index (χ0) is 37.0. The van der Waals surface area contributed by atoms with Crippen LogP contribution in [0.2, 0.25) is 0 Å². The highest BCUT2D eigenvalue weighted by molar-refractivity contribution is 8.00. The Hall–Kier alpha value is -2.99. The van der Waals surface area contributed by atoms with Crippen LogP contribution in [0.1, 0.15) is 76.1 Å². The molecule has 0 bridgehead atoms. The van der Waals surface area contributed by atoms with E-state index in [0.717, 1.165) is 49.4 Å². The monoisotopic (exact) mass is 752 g/mol. The molecule has 16 nitrogen and oxygen atoms in total. The van der Waals surface area contributed by atoms with Crippen molar-refractivity contribution < 1.29 is 38.1 Å². The van der Waals surface area contributed by atoms with Crippen LogP contribution in [-0.2, 0) is 52.7 Å². The third kappa shape index (κ3) is 14.4. The average molecular weight is 753 g/mol. The van der Waals surface area contributed by atoms with Crippen molar-refractivity contribution in [1.82, 2.24) is 41.2 Å². The number of hydrogen-bond acceptors (Lipinski definition) is 11. The summed E-state index contributed by atoms with van der Waals surface area (Å²) < 4.78 is 24.3. The number of methoxy groups -OCH3 is 1. The Kier molecular flexibility index (Phi) is 19.0. The summed E-state index contributed by atoms with van der Waals surface area (Å²) in [7, 11) is 1.66. The van der Waals surface area contributed by atoms with Crippen LogP contribution in [0.15, 0.2) is 0 Å². The van der Waals surface area contributed by atoms with Crippen LogP contribution >= 0.6 is 11.8 Å². The van der Waals surface area contributed by atoms with Crippen molar-refractivity contribution in [3.8, 4) is 0 Å². The average Bonchev–Trinajstić information content (AvgIpc) is 3.80. The lowest BCUT2D eigenvalue weighted by molar-refractivity contribution is -0.133. The Balaban J connectivity index is 0.892. The minimum atomic E-state index is -0.140. The summed E-state index contributed by atoms with van der Waals surface area (Å²) in [4.78, 5) is 50.7. The van der Waals surface area contributed by atoms with E-state index in [1.165, 1.54) is 0 Å². The van der Waals surface area contributed by atoms with Crippen LogP contribution in [0.3, 0.4) is 0 Å². The maximum atomic E-state index is 13.0. The van der Waals surface area contributed by atoms with E-state index in [-0.39, 0.29) is 41.9 Å². The van der Waals surface area contributed by atoms with Crippen molar-refractivity contribution in [3.63, 3.8) is 0 Å². The molecule has 0 aliphatic carbocycles. The summed E-state index contributed by atoms with van der Waals surface area (Å²) >= 11 is 1.87. The number of nitrogens with one attached hydrogen (secondary N) is 4. The summed E-state index contributed by atoms with van der Waals surface area (Å²) in [5, 5.41) is 20.8. The number of aryl methyl sites for hydroxylation is 1. The Morgan fingerprint density at radius 1 is 0.904 bits per heavy atom. The highest BCUT2D eigenvalue weighted by Gasteiger charge is 2.42. The molecule has 294 valence electrons. The molecule has 1 aromatic heterocycles. The van der Waals surface area contributed by atoms with Crippen molar-refractivity contribution >= 4 is 35.5 Å². The van der Waals surface area contributed by atoms with Gasteiger partial charge in [0.05, 0.1) is 56.0 Å². The molecule has 3 aliphatic rings. The summed E-state index contributed by atoms with van der Waals surface area (Å²) in [6, 6.07) is 0.317. The van der Waals surface area contributed by atoms with E-state index in [4.69, 9.17) is 18.9 Å². The van der Waals surface area contributed by atoms with Crippen LogP contribution in [0, 0.1) is 0 Å². The normalized spacial score (nSPS) is 21.1. The number of amides is 5. The third-order valence-electron chi connectivity index (χ3n) is 9.45. The Morgan fingerprint density at radius 3 is 2.25 bits per heavy atom. The second-order valence-corrected chi connectivity index (χ2v) is 14.7. The lowest BCUT2D eigenvalue weighted by Gasteiger charge is -2.29. The Morgan fingerprint density at radius 2 is 1.58 bits per heavy atom. The standard InChI is InChI=1S/C35H60N8O8S/c1-3-15-43-29-12-16-42(24-26(48-2)23-27(29)40-41-43)33(46)11-5-10-32(45)37-14-7-18-50-20-22-51-21-19-49-17-6-13-36-31(44)9-4-8-30-34-28(25-52-30)38-35(47)39-34/h26,28,30,34H,3-25H2,1-2H3,(H,36,44)(H,37,45)(H2,38,39,47)/t26-,28+,30+,34+/m1/s1. The van der Waals surface area contributed by atoms with Gasteiger partial charge in [0.25, 0.3) is 0 Å². The molecule has 2 fully saturated rings. The molecular formula is C35H60N8O8S. The lowest BCUT2D eigenvalue weighted by Crippen LogP contribution is -2.42. The van der Waals surface area contributed by atoms with E-state index in [2.05, 4.69) is 38.5 Å². The fraction of sp³-hybridized carbons (Fsp3) is 0.829. The van der Waals surface area contributed by atoms with E-state index in [1.807, 2.05) is 21.3 Å². The van der Waals surface area contributed by atoms with Gasteiger partial charge in [0.15, 0.2) is 0 Å². The summed E-state index contributed by atoms with van der Waals surface area (Å²) in [5.41, 5.74) is 2.03. The van der Waals surface area contributed by atoms with Gasteiger partial charge in [0, 0.05) is 96.2 Å². The molecule has 4 atom stereocenters. The molecule has 3 aliphatic heterocycles. The number of ether oxygens (including phenoxy) is 4. The maximum Gasteiger partial charge on any atom is 0.315 e. The van der Waals surface area contributed by atoms with Gasteiger partial charge in [0.1, 0.15) is 0 Å². The topological polar surface area (TPSA) is 187 Å². The first-order valence-electron chi connectivity index (χ1n) is 19.0. The largest absolute Gasteiger partial charge is 0.379 e. The molecule has 1 aromatic rings. The van der Waals surface area contributed by atoms with Crippen molar-refractivity contribution in [2.75, 3.05) is 78.7 Å². The molecule has 0 saturated carbocycles. The molecule has 4 rings (SSSR count). The van der Waals surface area contributed by atoms with Gasteiger partial charge in [-0.1, -0.05) is 12.1 Å². The summed E-state index contributed by atoms with van der Waals surface area (Å²) in [5.74, 6) is 0.960. The summed E-state index contributed by atoms with van der Waals surface area (Å²) in [6.07, 6.45) is 6.95. The van der Waals surface area contributed by atoms with Gasteiger partial charge in [-0.2, -0.15) is 11.8 Å². The number of rotatable bonds is 25. The number of aromatic nitrogens is 3. The quantitative estimate of drug-likeness (QED) is 0.0831. The van der Waals surface area contributed by atoms with Crippen molar-refractivity contribution in [2.24, 2.45) is 0 Å². The lowest BCUT2D eigenvalue weighted by atomic mass is 10.0. The maximum absolute atomic E-state index is 13.0. The zero-order valence-electron chi connectivity index (χ0n) is 31.0. The first-order valence-corrected chi connectivity index (χ1v) is 20.1. The molecule has 17 heteroatoms. The highest BCUT2D eigenvalue weighted by atomic mass is 32.2. The van der Waals surface area contributed by atoms with Crippen LogP contribution in [0.4, 0.5) is 4.79 Å². The van der Waals surface area contributed by atoms with E-state index < -0.39 is 0 Å². The minimum absolute atomic E-state index is 0.0380. The molecule has 0 unspecified atom stereocenters. The molecule has 5 amide bonds. The number of fused-ring (bicyclic) bond motifs is 2. The van der Waals surface area contributed by atoms with Crippen molar-refractivity contribution in [2.45, 2.75) is 108 Å². The van der Waals surface area contributed by atoms with E-state index in [9.17, 15) is 19.2 Å². The second-order valence-electron chi connectivity index (χ2n) is 13.5. The van der Waals surface area contributed by atoms with Crippen LogP contribution < -0.4 is 21.3 Å². The van der Waals surface area contributed by atoms with Gasteiger partial charge in [-0.15, -0.1) is 5.10 Å². The van der Waals surface area contributed by atoms with Crippen molar-refractivity contribution in [1.29, 1.82) is 0 Å². The minimum Gasteiger partial charge on any atom is -0.379 e. The van der Waals surface area contributed by atoms with Gasteiger partial charge >= 0.3 is 6.03 Å². The Labute approximate surface area is 311 Å². The highest BCUT2D eigenvalue weighted by Crippen LogP contribution is 2.33. The predicted molar refractivity (Wildman–Crippen MR) is 196 cm³/mol. The van der Waals surface area contributed by atoms with Gasteiger partial charge in [-0.25, -0.2) is 9.48 Å². The second kappa shape index (κ2) is 23.6. The van der Waals surface area contributed by atoms with E-state index >= 15 is 0 Å². The number of hydrogen-bond donors (Lipinski definition) is 4. The Bertz CT molecular complexity index is 1260. The van der Waals surface area contributed by atoms with Crippen LogP contribution in [0.5, 0.6) is 0 Å². The van der Waals surface area contributed by atoms with Crippen LogP contribution in [0.25, 0.3) is 0 Å². The number of carbonyl (C=O) groups is 4. The predicted octanol–water partition coefficient (Wildman–Crippen LogP) is 1.20. The molecule has 4 N–H and O–H groups in total. The SMILES string of the molecule is CCCn1nnc2c1CCN(C(=O)CCCC(=O)NCCCOCCOCCOCCCNC(=O)CCC[C@@H]1SC[C@@H]3NC(=O)N[C@@H]31)C[C@H](OC)C2. The summed E-state index contributed by atoms with van der Waals surface area (Å²) in [6.45, 7) is 8.05. The molecule has 0 aromatic carbocycles. The first kappa shape index (κ1) is 41.8. The smallest absolute Gasteiger partial charge is 0.315 e. The zero-order valence-corrected chi connectivity index (χ0v) is 31.9. The third-order valence-corrected chi connectivity index (χ3v) is 11.0.